The average Bonchev–Trinajstić information content (AvgIpc) is 2.67. The Balaban J connectivity index is 1.83. The minimum absolute atomic E-state index is 0.384. The molecule has 0 amide bonds. The van der Waals surface area contributed by atoms with Crippen LogP contribution < -0.4 is 0 Å². The Morgan fingerprint density at radius 3 is 2.71 bits per heavy atom. The fraction of sp³-hybridized carbons (Fsp3) is 0.933. The fourth-order valence-electron chi connectivity index (χ4n) is 3.64. The molecule has 2 rings (SSSR count). The molecule has 1 saturated carbocycles. The van der Waals surface area contributed by atoms with E-state index in [0.29, 0.717) is 17.7 Å². The lowest BCUT2D eigenvalue weighted by molar-refractivity contribution is -0.121. The maximum Gasteiger partial charge on any atom is 0.136 e. The van der Waals surface area contributed by atoms with Crippen molar-refractivity contribution < 1.29 is 4.79 Å². The van der Waals surface area contributed by atoms with Crippen LogP contribution in [0.4, 0.5) is 0 Å². The quantitative estimate of drug-likeness (QED) is 0.751. The third kappa shape index (κ3) is 3.09. The Morgan fingerprint density at radius 2 is 2.06 bits per heavy atom. The van der Waals surface area contributed by atoms with Crippen molar-refractivity contribution in [1.29, 1.82) is 0 Å². The molecule has 0 aromatic rings. The first-order valence-electron chi connectivity index (χ1n) is 7.34. The highest BCUT2D eigenvalue weighted by Gasteiger charge is 2.30. The van der Waals surface area contributed by atoms with E-state index in [2.05, 4.69) is 25.7 Å². The van der Waals surface area contributed by atoms with Crippen molar-refractivity contribution in [3.8, 4) is 0 Å². The van der Waals surface area contributed by atoms with Crippen molar-refractivity contribution in [3.63, 3.8) is 0 Å². The molecule has 2 aliphatic rings. The van der Waals surface area contributed by atoms with Gasteiger partial charge in [-0.2, -0.15) is 0 Å². The van der Waals surface area contributed by atoms with E-state index in [1.807, 2.05) is 0 Å². The van der Waals surface area contributed by atoms with Gasteiger partial charge in [-0.1, -0.05) is 13.8 Å². The Morgan fingerprint density at radius 1 is 1.29 bits per heavy atom. The lowest BCUT2D eigenvalue weighted by atomic mass is 9.85. The molecular formula is C15H27NO. The molecule has 0 radical (unpaired) electrons. The summed E-state index contributed by atoms with van der Waals surface area (Å²) in [6.45, 7) is 9.44. The number of piperidine rings is 1. The molecule has 1 heterocycles. The van der Waals surface area contributed by atoms with E-state index in [-0.39, 0.29) is 0 Å². The van der Waals surface area contributed by atoms with Crippen LogP contribution in [0.5, 0.6) is 0 Å². The molecule has 4 atom stereocenters. The van der Waals surface area contributed by atoms with Gasteiger partial charge in [0.2, 0.25) is 0 Å². The second-order valence-corrected chi connectivity index (χ2v) is 6.40. The van der Waals surface area contributed by atoms with Gasteiger partial charge in [-0.15, -0.1) is 0 Å². The molecule has 0 bridgehead atoms. The molecular weight excluding hydrogens is 210 g/mol. The number of hydrogen-bond acceptors (Lipinski definition) is 2. The highest BCUT2D eigenvalue weighted by Crippen LogP contribution is 2.29. The van der Waals surface area contributed by atoms with Crippen molar-refractivity contribution >= 4 is 5.78 Å². The molecule has 2 fully saturated rings. The summed E-state index contributed by atoms with van der Waals surface area (Å²) < 4.78 is 0. The van der Waals surface area contributed by atoms with Crippen LogP contribution in [0.1, 0.15) is 52.9 Å². The van der Waals surface area contributed by atoms with Crippen molar-refractivity contribution in [2.75, 3.05) is 13.1 Å². The van der Waals surface area contributed by atoms with Gasteiger partial charge in [0.1, 0.15) is 5.78 Å². The van der Waals surface area contributed by atoms with Crippen LogP contribution >= 0.6 is 0 Å². The minimum Gasteiger partial charge on any atom is -0.300 e. The summed E-state index contributed by atoms with van der Waals surface area (Å²) in [6, 6.07) is 0.697. The van der Waals surface area contributed by atoms with Gasteiger partial charge in [0.15, 0.2) is 0 Å². The zero-order valence-corrected chi connectivity index (χ0v) is 11.6. The van der Waals surface area contributed by atoms with Gasteiger partial charge < -0.3 is 4.90 Å². The zero-order valence-electron chi connectivity index (χ0n) is 11.6. The van der Waals surface area contributed by atoms with Gasteiger partial charge in [-0.3, -0.25) is 4.79 Å². The smallest absolute Gasteiger partial charge is 0.136 e. The van der Waals surface area contributed by atoms with E-state index >= 15 is 0 Å². The first kappa shape index (κ1) is 13.1. The van der Waals surface area contributed by atoms with Crippen molar-refractivity contribution in [2.45, 2.75) is 58.9 Å². The predicted molar refractivity (Wildman–Crippen MR) is 70.9 cm³/mol. The first-order chi connectivity index (χ1) is 8.08. The molecule has 2 heteroatoms. The highest BCUT2D eigenvalue weighted by molar-refractivity contribution is 5.82. The lowest BCUT2D eigenvalue weighted by Gasteiger charge is -2.41. The first-order valence-corrected chi connectivity index (χ1v) is 7.34. The molecule has 1 saturated heterocycles. The summed E-state index contributed by atoms with van der Waals surface area (Å²) in [7, 11) is 0. The number of ketones is 1. The summed E-state index contributed by atoms with van der Waals surface area (Å²) >= 11 is 0. The second kappa shape index (κ2) is 5.51. The topological polar surface area (TPSA) is 20.3 Å². The largest absolute Gasteiger partial charge is 0.300 e. The van der Waals surface area contributed by atoms with Crippen molar-refractivity contribution in [1.82, 2.24) is 4.90 Å². The summed E-state index contributed by atoms with van der Waals surface area (Å²) in [6.07, 6.45) is 5.58. The molecule has 1 aliphatic heterocycles. The van der Waals surface area contributed by atoms with Gasteiger partial charge in [0.05, 0.1) is 0 Å². The number of hydrogen-bond donors (Lipinski definition) is 0. The van der Waals surface area contributed by atoms with E-state index in [1.54, 1.807) is 0 Å². The van der Waals surface area contributed by atoms with Crippen LogP contribution in [0.2, 0.25) is 0 Å². The van der Waals surface area contributed by atoms with Gasteiger partial charge in [-0.05, 0) is 51.0 Å². The van der Waals surface area contributed by atoms with E-state index in [9.17, 15) is 4.79 Å². The molecule has 0 aromatic carbocycles. The van der Waals surface area contributed by atoms with Gasteiger partial charge in [-0.25, -0.2) is 0 Å². The SMILES string of the molecule is CC1CC(C)C(C)N(CCC2CCCC2=O)C1. The number of likely N-dealkylation sites (tertiary alicyclic amines) is 1. The Hall–Kier alpha value is -0.370. The molecule has 0 N–H and O–H groups in total. The highest BCUT2D eigenvalue weighted by atomic mass is 16.1. The molecule has 4 unspecified atom stereocenters. The summed E-state index contributed by atoms with van der Waals surface area (Å²) in [5.41, 5.74) is 0. The van der Waals surface area contributed by atoms with Crippen LogP contribution in [0.15, 0.2) is 0 Å². The van der Waals surface area contributed by atoms with E-state index in [1.165, 1.54) is 13.0 Å². The monoisotopic (exact) mass is 237 g/mol. The van der Waals surface area contributed by atoms with Gasteiger partial charge >= 0.3 is 0 Å². The number of carbonyl (C=O) groups is 1. The van der Waals surface area contributed by atoms with Crippen LogP contribution in [-0.2, 0) is 4.79 Å². The van der Waals surface area contributed by atoms with Crippen molar-refractivity contribution in [3.05, 3.63) is 0 Å². The second-order valence-electron chi connectivity index (χ2n) is 6.40. The number of rotatable bonds is 3. The minimum atomic E-state index is 0.384. The van der Waals surface area contributed by atoms with E-state index < -0.39 is 0 Å². The predicted octanol–water partition coefficient (Wildman–Crippen LogP) is 3.11. The Bertz CT molecular complexity index is 276. The van der Waals surface area contributed by atoms with Crippen LogP contribution in [0, 0.1) is 17.8 Å². The van der Waals surface area contributed by atoms with Gasteiger partial charge in [0, 0.05) is 24.9 Å². The fourth-order valence-corrected chi connectivity index (χ4v) is 3.64. The molecule has 2 nitrogen and oxygen atoms in total. The third-order valence-corrected chi connectivity index (χ3v) is 4.92. The average molecular weight is 237 g/mol. The lowest BCUT2D eigenvalue weighted by Crippen LogP contribution is -2.46. The molecule has 0 aromatic heterocycles. The standard InChI is InChI=1S/C15H27NO/c1-11-9-12(2)13(3)16(10-11)8-7-14-5-4-6-15(14)17/h11-14H,4-10H2,1-3H3. The summed E-state index contributed by atoms with van der Waals surface area (Å²) in [5, 5.41) is 0. The van der Waals surface area contributed by atoms with Crippen LogP contribution in [-0.4, -0.2) is 29.8 Å². The van der Waals surface area contributed by atoms with E-state index in [4.69, 9.17) is 0 Å². The molecule has 0 spiro atoms. The number of nitrogens with zero attached hydrogens (tertiary/aromatic N) is 1. The molecule has 98 valence electrons. The number of carbonyl (C=O) groups excluding carboxylic acids is 1. The maximum atomic E-state index is 11.6. The van der Waals surface area contributed by atoms with Gasteiger partial charge in [0.25, 0.3) is 0 Å². The summed E-state index contributed by atoms with van der Waals surface area (Å²) in [4.78, 5) is 14.3. The summed E-state index contributed by atoms with van der Waals surface area (Å²) in [5.74, 6) is 2.53. The van der Waals surface area contributed by atoms with E-state index in [0.717, 1.165) is 44.1 Å². The third-order valence-electron chi connectivity index (χ3n) is 4.92. The Labute approximate surface area is 106 Å². The van der Waals surface area contributed by atoms with Crippen molar-refractivity contribution in [2.24, 2.45) is 17.8 Å². The molecule has 1 aliphatic carbocycles. The molecule has 17 heavy (non-hydrogen) atoms. The maximum absolute atomic E-state index is 11.6. The van der Waals surface area contributed by atoms with Crippen LogP contribution in [0.25, 0.3) is 0 Å². The van der Waals surface area contributed by atoms with Crippen LogP contribution in [0.3, 0.4) is 0 Å². The zero-order chi connectivity index (χ0) is 12.4. The Kier molecular flexibility index (Phi) is 4.24. The number of Topliss-reactive ketones (excluding diaryl/α,β-unsaturated/α-hetero) is 1. The normalized spacial score (nSPS) is 39.8.